The molecule has 55 heavy (non-hydrogen) atoms. The Kier molecular flexibility index (Phi) is 11.4. The summed E-state index contributed by atoms with van der Waals surface area (Å²) in [5, 5.41) is 11.4. The van der Waals surface area contributed by atoms with Gasteiger partial charge in [0.15, 0.2) is 11.6 Å². The standard InChI is InChI=1S/C21H21Cl2N5O3.C16H13Cl2N5O/c1-21(2,3)31-20(29)28-9-13(10-28)30-17-7-6-16-18(27-17)19(25-11-24-16)26-12-4-5-14(22)15(23)8-12;17-11-2-1-9(5-12(11)18)22-16-15-13(20-8-21-16)3-4-14(23-15)24-10-6-19-7-10/h4-8,11,13H,9-10H2,1-3H3,(H,24,25,26);1-5,8,10,19H,6-7H2,(H,20,21,22). The third-order valence-electron chi connectivity index (χ3n) is 8.10. The van der Waals surface area contributed by atoms with E-state index in [2.05, 4.69) is 45.9 Å². The van der Waals surface area contributed by atoms with E-state index in [1.165, 1.54) is 12.7 Å². The molecule has 0 unspecified atom stereocenters. The molecule has 18 heteroatoms. The first kappa shape index (κ1) is 38.3. The first-order valence-corrected chi connectivity index (χ1v) is 18.6. The van der Waals surface area contributed by atoms with Crippen LogP contribution in [0, 0.1) is 0 Å². The summed E-state index contributed by atoms with van der Waals surface area (Å²) in [6.45, 7) is 8.05. The van der Waals surface area contributed by atoms with Crippen molar-refractivity contribution in [3.63, 3.8) is 0 Å². The number of fused-ring (bicyclic) bond motifs is 2. The molecule has 8 rings (SSSR count). The fraction of sp³-hybridized carbons (Fsp3) is 0.270. The van der Waals surface area contributed by atoms with Crippen molar-refractivity contribution in [3.8, 4) is 11.8 Å². The number of halogens is 4. The number of amides is 1. The molecule has 0 spiro atoms. The Bertz CT molecular complexity index is 2360. The van der Waals surface area contributed by atoms with Gasteiger partial charge in [-0.3, -0.25) is 0 Å². The summed E-state index contributed by atoms with van der Waals surface area (Å²) >= 11 is 24.1. The van der Waals surface area contributed by atoms with Crippen LogP contribution in [0.1, 0.15) is 20.8 Å². The number of hydrogen-bond acceptors (Lipinski definition) is 13. The molecular formula is C37H34Cl4N10O4. The van der Waals surface area contributed by atoms with E-state index < -0.39 is 5.60 Å². The van der Waals surface area contributed by atoms with E-state index in [0.29, 0.717) is 73.1 Å². The van der Waals surface area contributed by atoms with Gasteiger partial charge in [0.25, 0.3) is 0 Å². The molecule has 6 aromatic rings. The zero-order chi connectivity index (χ0) is 38.7. The highest BCUT2D eigenvalue weighted by Crippen LogP contribution is 2.31. The molecule has 3 N–H and O–H groups in total. The van der Waals surface area contributed by atoms with Crippen molar-refractivity contribution in [2.24, 2.45) is 0 Å². The molecule has 0 aliphatic carbocycles. The first-order chi connectivity index (χ1) is 26.4. The van der Waals surface area contributed by atoms with E-state index >= 15 is 0 Å². The van der Waals surface area contributed by atoms with Gasteiger partial charge in [-0.05, 0) is 69.3 Å². The number of hydrogen-bond donors (Lipinski definition) is 3. The average Bonchev–Trinajstić information content (AvgIpc) is 3.11. The predicted molar refractivity (Wildman–Crippen MR) is 214 cm³/mol. The van der Waals surface area contributed by atoms with Crippen molar-refractivity contribution in [3.05, 3.63) is 93.4 Å². The number of aromatic nitrogens is 6. The van der Waals surface area contributed by atoms with Crippen LogP contribution in [-0.4, -0.2) is 84.9 Å². The molecule has 0 bridgehead atoms. The summed E-state index contributed by atoms with van der Waals surface area (Å²) in [6.07, 6.45) is 2.59. The smallest absolute Gasteiger partial charge is 0.410 e. The van der Waals surface area contributed by atoms with Gasteiger partial charge in [0.05, 0.1) is 44.2 Å². The maximum Gasteiger partial charge on any atom is 0.410 e. The molecule has 2 aliphatic rings. The SMILES string of the molecule is CC(C)(C)OC(=O)N1CC(Oc2ccc3ncnc(Nc4ccc(Cl)c(Cl)c4)c3n2)C1.Clc1ccc(Nc2ncnc3ccc(OC4CNC4)nc23)cc1Cl. The Morgan fingerprint density at radius 2 is 1.18 bits per heavy atom. The van der Waals surface area contributed by atoms with Crippen LogP contribution in [0.15, 0.2) is 73.3 Å². The van der Waals surface area contributed by atoms with Gasteiger partial charge in [0.1, 0.15) is 41.5 Å². The molecule has 2 fully saturated rings. The zero-order valence-electron chi connectivity index (χ0n) is 29.7. The van der Waals surface area contributed by atoms with Crippen molar-refractivity contribution in [2.75, 3.05) is 36.8 Å². The summed E-state index contributed by atoms with van der Waals surface area (Å²) in [5.41, 5.74) is 3.53. The Morgan fingerprint density at radius 1 is 0.691 bits per heavy atom. The monoisotopic (exact) mass is 822 g/mol. The van der Waals surface area contributed by atoms with Gasteiger partial charge >= 0.3 is 6.09 Å². The summed E-state index contributed by atoms with van der Waals surface area (Å²) in [6, 6.07) is 17.7. The van der Waals surface area contributed by atoms with Crippen molar-refractivity contribution in [2.45, 2.75) is 38.6 Å². The second-order valence-electron chi connectivity index (χ2n) is 13.5. The van der Waals surface area contributed by atoms with Crippen LogP contribution in [0.25, 0.3) is 22.1 Å². The first-order valence-electron chi connectivity index (χ1n) is 17.1. The molecule has 0 atom stereocenters. The number of rotatable bonds is 8. The molecule has 2 saturated heterocycles. The van der Waals surface area contributed by atoms with Gasteiger partial charge in [-0.25, -0.2) is 34.7 Å². The van der Waals surface area contributed by atoms with Crippen LogP contribution in [0.5, 0.6) is 11.8 Å². The van der Waals surface area contributed by atoms with Gasteiger partial charge in [-0.2, -0.15) is 0 Å². The summed E-state index contributed by atoms with van der Waals surface area (Å²) in [7, 11) is 0. The highest BCUT2D eigenvalue weighted by atomic mass is 35.5. The van der Waals surface area contributed by atoms with Crippen LogP contribution in [0.2, 0.25) is 20.1 Å². The van der Waals surface area contributed by atoms with Crippen LogP contribution in [0.3, 0.4) is 0 Å². The second kappa shape index (κ2) is 16.4. The van der Waals surface area contributed by atoms with Gasteiger partial charge in [-0.15, -0.1) is 0 Å². The van der Waals surface area contributed by atoms with E-state index in [0.717, 1.165) is 30.0 Å². The predicted octanol–water partition coefficient (Wildman–Crippen LogP) is 8.50. The normalized spacial score (nSPS) is 14.3. The van der Waals surface area contributed by atoms with Crippen molar-refractivity contribution in [1.29, 1.82) is 0 Å². The topological polar surface area (TPSA) is 161 Å². The molecule has 284 valence electrons. The lowest BCUT2D eigenvalue weighted by molar-refractivity contribution is -0.0231. The van der Waals surface area contributed by atoms with Gasteiger partial charge < -0.3 is 35.1 Å². The maximum atomic E-state index is 12.1. The Morgan fingerprint density at radius 3 is 1.62 bits per heavy atom. The lowest BCUT2D eigenvalue weighted by Gasteiger charge is -2.39. The van der Waals surface area contributed by atoms with E-state index in [-0.39, 0.29) is 18.3 Å². The minimum Gasteiger partial charge on any atom is -0.472 e. The van der Waals surface area contributed by atoms with Crippen LogP contribution >= 0.6 is 46.4 Å². The van der Waals surface area contributed by atoms with Gasteiger partial charge in [-0.1, -0.05) is 46.4 Å². The summed E-state index contributed by atoms with van der Waals surface area (Å²) in [4.78, 5) is 39.8. The lowest BCUT2D eigenvalue weighted by atomic mass is 10.2. The molecule has 0 radical (unpaired) electrons. The third-order valence-corrected chi connectivity index (χ3v) is 9.57. The maximum absolute atomic E-state index is 12.1. The number of pyridine rings is 2. The number of nitrogens with zero attached hydrogens (tertiary/aromatic N) is 7. The van der Waals surface area contributed by atoms with Crippen LogP contribution < -0.4 is 25.4 Å². The van der Waals surface area contributed by atoms with Crippen molar-refractivity contribution in [1.82, 2.24) is 40.1 Å². The van der Waals surface area contributed by atoms with E-state index in [9.17, 15) is 4.79 Å². The fourth-order valence-electron chi connectivity index (χ4n) is 5.26. The highest BCUT2D eigenvalue weighted by Gasteiger charge is 2.35. The van der Waals surface area contributed by atoms with E-state index in [1.54, 1.807) is 41.3 Å². The molecule has 2 aliphatic heterocycles. The summed E-state index contributed by atoms with van der Waals surface area (Å²) < 4.78 is 17.1. The number of likely N-dealkylation sites (tertiary alicyclic amines) is 1. The Labute approximate surface area is 335 Å². The Hall–Kier alpha value is -4.99. The quantitative estimate of drug-likeness (QED) is 0.134. The summed E-state index contributed by atoms with van der Waals surface area (Å²) in [5.74, 6) is 2.07. The average molecular weight is 825 g/mol. The number of anilines is 4. The highest BCUT2D eigenvalue weighted by molar-refractivity contribution is 6.42. The fourth-order valence-corrected chi connectivity index (χ4v) is 5.85. The van der Waals surface area contributed by atoms with Crippen molar-refractivity contribution >= 4 is 97.6 Å². The molecular weight excluding hydrogens is 790 g/mol. The van der Waals surface area contributed by atoms with Crippen LogP contribution in [-0.2, 0) is 4.74 Å². The van der Waals surface area contributed by atoms with Gasteiger partial charge in [0, 0.05) is 36.6 Å². The molecule has 2 aromatic carbocycles. The lowest BCUT2D eigenvalue weighted by Crippen LogP contribution is -2.57. The molecule has 0 saturated carbocycles. The van der Waals surface area contributed by atoms with Crippen LogP contribution in [0.4, 0.5) is 27.8 Å². The zero-order valence-corrected chi connectivity index (χ0v) is 32.7. The molecule has 4 aromatic heterocycles. The largest absolute Gasteiger partial charge is 0.472 e. The molecule has 6 heterocycles. The number of benzene rings is 2. The minimum absolute atomic E-state index is 0.158. The van der Waals surface area contributed by atoms with E-state index in [1.807, 2.05) is 45.0 Å². The van der Waals surface area contributed by atoms with Gasteiger partial charge in [0.2, 0.25) is 11.8 Å². The number of nitrogens with one attached hydrogen (secondary N) is 3. The molecule has 14 nitrogen and oxygen atoms in total. The minimum atomic E-state index is -0.527. The Balaban J connectivity index is 0.000000174. The number of ether oxygens (including phenoxy) is 3. The number of carbonyl (C=O) groups excluding carboxylic acids is 1. The second-order valence-corrected chi connectivity index (χ2v) is 15.1. The third kappa shape index (κ3) is 9.64. The number of carbonyl (C=O) groups is 1. The van der Waals surface area contributed by atoms with Crippen molar-refractivity contribution < 1.29 is 19.0 Å². The molecule has 1 amide bonds. The van der Waals surface area contributed by atoms with E-state index in [4.69, 9.17) is 60.6 Å².